The molecule has 0 radical (unpaired) electrons. The molecule has 1 N–H and O–H groups in total. The highest BCUT2D eigenvalue weighted by molar-refractivity contribution is 7.92. The second-order valence-corrected chi connectivity index (χ2v) is 8.35. The number of hydrogen-bond acceptors (Lipinski definition) is 3. The summed E-state index contributed by atoms with van der Waals surface area (Å²) in [6.45, 7) is 1.53. The number of anilines is 2. The molecule has 1 saturated carbocycles. The average molecular weight is 399 g/mol. The third kappa shape index (κ3) is 4.08. The zero-order chi connectivity index (χ0) is 18.2. The van der Waals surface area contributed by atoms with Crippen molar-refractivity contribution in [2.75, 3.05) is 9.62 Å². The first-order valence-electron chi connectivity index (χ1n) is 7.65. The van der Waals surface area contributed by atoms with Crippen molar-refractivity contribution in [3.8, 4) is 0 Å². The van der Waals surface area contributed by atoms with Gasteiger partial charge < -0.3 is 4.90 Å². The first-order valence-corrected chi connectivity index (χ1v) is 9.89. The van der Waals surface area contributed by atoms with E-state index in [1.54, 1.807) is 29.2 Å². The maximum atomic E-state index is 12.4. The largest absolute Gasteiger partial charge is 0.310 e. The van der Waals surface area contributed by atoms with Gasteiger partial charge in [0.05, 0.1) is 14.9 Å². The van der Waals surface area contributed by atoms with Crippen LogP contribution in [0, 0.1) is 0 Å². The van der Waals surface area contributed by atoms with E-state index in [-0.39, 0.29) is 26.9 Å². The van der Waals surface area contributed by atoms with E-state index in [9.17, 15) is 13.2 Å². The van der Waals surface area contributed by atoms with Gasteiger partial charge >= 0.3 is 0 Å². The second kappa shape index (κ2) is 6.86. The summed E-state index contributed by atoms with van der Waals surface area (Å²) in [7, 11) is -3.78. The zero-order valence-electron chi connectivity index (χ0n) is 13.4. The zero-order valence-corrected chi connectivity index (χ0v) is 15.7. The number of amides is 1. The fourth-order valence-corrected chi connectivity index (χ4v) is 3.98. The monoisotopic (exact) mass is 398 g/mol. The maximum Gasteiger partial charge on any atom is 0.261 e. The van der Waals surface area contributed by atoms with E-state index in [0.717, 1.165) is 18.5 Å². The van der Waals surface area contributed by atoms with Crippen molar-refractivity contribution in [1.82, 2.24) is 0 Å². The summed E-state index contributed by atoms with van der Waals surface area (Å²) in [5.74, 6) is -0.0216. The van der Waals surface area contributed by atoms with Crippen LogP contribution in [0.25, 0.3) is 0 Å². The minimum atomic E-state index is -3.78. The molecule has 0 unspecified atom stereocenters. The molecule has 1 amide bonds. The van der Waals surface area contributed by atoms with Crippen LogP contribution in [0.2, 0.25) is 10.0 Å². The third-order valence-electron chi connectivity index (χ3n) is 3.85. The lowest BCUT2D eigenvalue weighted by Crippen LogP contribution is -2.30. The van der Waals surface area contributed by atoms with Crippen LogP contribution in [-0.4, -0.2) is 20.4 Å². The molecular formula is C17H16Cl2N2O3S. The van der Waals surface area contributed by atoms with Crippen molar-refractivity contribution in [3.05, 3.63) is 52.5 Å². The van der Waals surface area contributed by atoms with Crippen LogP contribution in [0.3, 0.4) is 0 Å². The van der Waals surface area contributed by atoms with Crippen molar-refractivity contribution in [3.63, 3.8) is 0 Å². The quantitative estimate of drug-likeness (QED) is 0.815. The highest BCUT2D eigenvalue weighted by Gasteiger charge is 2.31. The van der Waals surface area contributed by atoms with Gasteiger partial charge in [-0.3, -0.25) is 9.52 Å². The van der Waals surface area contributed by atoms with Gasteiger partial charge in [-0.15, -0.1) is 0 Å². The van der Waals surface area contributed by atoms with Crippen molar-refractivity contribution in [1.29, 1.82) is 0 Å². The molecular weight excluding hydrogens is 383 g/mol. The van der Waals surface area contributed by atoms with Gasteiger partial charge in [-0.05, 0) is 55.3 Å². The lowest BCUT2D eigenvalue weighted by Gasteiger charge is -2.21. The average Bonchev–Trinajstić information content (AvgIpc) is 3.36. The molecule has 132 valence electrons. The summed E-state index contributed by atoms with van der Waals surface area (Å²) in [5.41, 5.74) is 1.15. The summed E-state index contributed by atoms with van der Waals surface area (Å²) in [6, 6.07) is 11.1. The minimum Gasteiger partial charge on any atom is -0.310 e. The Hall–Kier alpha value is -1.76. The number of benzene rings is 2. The molecule has 2 aromatic carbocycles. The lowest BCUT2D eigenvalue weighted by molar-refractivity contribution is -0.116. The smallest absolute Gasteiger partial charge is 0.261 e. The topological polar surface area (TPSA) is 66.5 Å². The van der Waals surface area contributed by atoms with E-state index in [1.807, 2.05) is 0 Å². The summed E-state index contributed by atoms with van der Waals surface area (Å²) in [5, 5.41) is 0.454. The Morgan fingerprint density at radius 2 is 1.72 bits per heavy atom. The molecule has 1 fully saturated rings. The van der Waals surface area contributed by atoms with E-state index in [1.165, 1.54) is 25.1 Å². The summed E-state index contributed by atoms with van der Waals surface area (Å²) < 4.78 is 27.4. The van der Waals surface area contributed by atoms with Gasteiger partial charge in [0.25, 0.3) is 10.0 Å². The molecule has 1 aliphatic carbocycles. The number of rotatable bonds is 5. The Bertz CT molecular complexity index is 910. The Balaban J connectivity index is 1.80. The van der Waals surface area contributed by atoms with E-state index < -0.39 is 10.0 Å². The summed E-state index contributed by atoms with van der Waals surface area (Å²) >= 11 is 11.7. The summed E-state index contributed by atoms with van der Waals surface area (Å²) in [6.07, 6.45) is 1.98. The van der Waals surface area contributed by atoms with E-state index >= 15 is 0 Å². The standard InChI is InChI=1S/C17H16Cl2N2O3S/c1-11(22)21(14-6-7-14)13-4-2-12(3-5-13)20-25(23,24)15-8-9-16(18)17(19)10-15/h2-5,8-10,14,20H,6-7H2,1H3. The molecule has 0 aliphatic heterocycles. The molecule has 0 atom stereocenters. The van der Waals surface area contributed by atoms with Gasteiger partial charge in [0.2, 0.25) is 5.91 Å². The van der Waals surface area contributed by atoms with Crippen molar-refractivity contribution in [2.45, 2.75) is 30.7 Å². The summed E-state index contributed by atoms with van der Waals surface area (Å²) in [4.78, 5) is 13.5. The highest BCUT2D eigenvalue weighted by atomic mass is 35.5. The number of nitrogens with zero attached hydrogens (tertiary/aromatic N) is 1. The van der Waals surface area contributed by atoms with Crippen LogP contribution in [0.15, 0.2) is 47.4 Å². The number of hydrogen-bond donors (Lipinski definition) is 1. The van der Waals surface area contributed by atoms with Gasteiger partial charge in [0.15, 0.2) is 0 Å². The molecule has 5 nitrogen and oxygen atoms in total. The van der Waals surface area contributed by atoms with Crippen LogP contribution < -0.4 is 9.62 Å². The molecule has 8 heteroatoms. The minimum absolute atomic E-state index is 0.0216. The SMILES string of the molecule is CC(=O)N(c1ccc(NS(=O)(=O)c2ccc(Cl)c(Cl)c2)cc1)C1CC1. The van der Waals surface area contributed by atoms with E-state index in [2.05, 4.69) is 4.72 Å². The number of nitrogens with one attached hydrogen (secondary N) is 1. The Kier molecular flexibility index (Phi) is 4.95. The molecule has 0 saturated heterocycles. The molecule has 0 aromatic heterocycles. The van der Waals surface area contributed by atoms with Gasteiger partial charge in [0.1, 0.15) is 0 Å². The molecule has 0 bridgehead atoms. The van der Waals surface area contributed by atoms with Crippen LogP contribution >= 0.6 is 23.2 Å². The maximum absolute atomic E-state index is 12.4. The molecule has 0 heterocycles. The highest BCUT2D eigenvalue weighted by Crippen LogP contribution is 2.32. The second-order valence-electron chi connectivity index (χ2n) is 5.85. The van der Waals surface area contributed by atoms with Crippen LogP contribution in [-0.2, 0) is 14.8 Å². The normalized spacial score (nSPS) is 14.2. The number of carbonyl (C=O) groups excluding carboxylic acids is 1. The van der Waals surface area contributed by atoms with Crippen molar-refractivity contribution in [2.24, 2.45) is 0 Å². The van der Waals surface area contributed by atoms with Gasteiger partial charge in [-0.1, -0.05) is 23.2 Å². The van der Waals surface area contributed by atoms with Crippen LogP contribution in [0.1, 0.15) is 19.8 Å². The third-order valence-corrected chi connectivity index (χ3v) is 5.97. The van der Waals surface area contributed by atoms with Gasteiger partial charge in [-0.2, -0.15) is 0 Å². The number of carbonyl (C=O) groups is 1. The molecule has 2 aromatic rings. The first-order chi connectivity index (χ1) is 11.8. The van der Waals surface area contributed by atoms with Crippen LogP contribution in [0.4, 0.5) is 11.4 Å². The van der Waals surface area contributed by atoms with E-state index in [4.69, 9.17) is 23.2 Å². The first kappa shape index (κ1) is 18.0. The van der Waals surface area contributed by atoms with E-state index in [0.29, 0.717) is 5.69 Å². The lowest BCUT2D eigenvalue weighted by atomic mass is 10.2. The molecule has 25 heavy (non-hydrogen) atoms. The molecule has 1 aliphatic rings. The fraction of sp³-hybridized carbons (Fsp3) is 0.235. The van der Waals surface area contributed by atoms with Gasteiger partial charge in [-0.25, -0.2) is 8.42 Å². The molecule has 0 spiro atoms. The van der Waals surface area contributed by atoms with Crippen molar-refractivity contribution >= 4 is 50.5 Å². The predicted molar refractivity (Wildman–Crippen MR) is 99.9 cm³/mol. The fourth-order valence-electron chi connectivity index (χ4n) is 2.53. The Labute approximate surface area is 156 Å². The predicted octanol–water partition coefficient (Wildman–Crippen LogP) is 4.31. The van der Waals surface area contributed by atoms with Crippen molar-refractivity contribution < 1.29 is 13.2 Å². The number of halogens is 2. The molecule has 3 rings (SSSR count). The van der Waals surface area contributed by atoms with Gasteiger partial charge in [0, 0.05) is 24.3 Å². The Morgan fingerprint density at radius 3 is 2.24 bits per heavy atom. The number of sulfonamides is 1. The van der Waals surface area contributed by atoms with Crippen LogP contribution in [0.5, 0.6) is 0 Å². The Morgan fingerprint density at radius 1 is 1.08 bits per heavy atom.